The van der Waals surface area contributed by atoms with Crippen LogP contribution in [0.4, 0.5) is 5.13 Å². The molecule has 1 fully saturated rings. The first kappa shape index (κ1) is 30.1. The second kappa shape index (κ2) is 12.2. The molecule has 1 saturated heterocycles. The van der Waals surface area contributed by atoms with Crippen LogP contribution in [0.3, 0.4) is 0 Å². The maximum atomic E-state index is 13.7. The van der Waals surface area contributed by atoms with Crippen LogP contribution >= 0.6 is 46.3 Å². The molecule has 224 valence electrons. The summed E-state index contributed by atoms with van der Waals surface area (Å²) in [5.74, 6) is -0.890. The van der Waals surface area contributed by atoms with Crippen molar-refractivity contribution in [2.75, 3.05) is 11.5 Å². The molecule has 1 amide bonds. The first-order chi connectivity index (χ1) is 21.2. The topological polar surface area (TPSA) is 110 Å². The first-order valence-electron chi connectivity index (χ1n) is 13.6. The summed E-state index contributed by atoms with van der Waals surface area (Å²) in [6.07, 6.45) is 1.83. The molecule has 1 aliphatic heterocycles. The molecule has 9 nitrogen and oxygen atoms in total. The number of aryl methyl sites for hydroxylation is 2. The highest BCUT2D eigenvalue weighted by molar-refractivity contribution is 8.00. The smallest absolute Gasteiger partial charge is 0.301 e. The van der Waals surface area contributed by atoms with Crippen LogP contribution in [0, 0.1) is 13.8 Å². The van der Waals surface area contributed by atoms with E-state index in [4.69, 9.17) is 27.9 Å². The van der Waals surface area contributed by atoms with Gasteiger partial charge in [0.2, 0.25) is 5.13 Å². The van der Waals surface area contributed by atoms with E-state index in [2.05, 4.69) is 15.2 Å². The SMILES string of the molecule is CCOc1ccc(C2/C(=C(\O)c3nc4c(C)cccn4c3C)C(=O)C(=O)N2c2nnc(SCc3ccc(Cl)cc3Cl)s2)cc1. The van der Waals surface area contributed by atoms with Crippen LogP contribution in [0.2, 0.25) is 10.0 Å². The Morgan fingerprint density at radius 3 is 2.57 bits per heavy atom. The molecule has 6 rings (SSSR count). The number of aromatic nitrogens is 4. The largest absolute Gasteiger partial charge is 0.505 e. The Labute approximate surface area is 271 Å². The third kappa shape index (κ3) is 5.45. The van der Waals surface area contributed by atoms with Gasteiger partial charge >= 0.3 is 5.91 Å². The number of carbonyl (C=O) groups excluding carboxylic acids is 2. The van der Waals surface area contributed by atoms with E-state index in [-0.39, 0.29) is 22.2 Å². The number of rotatable bonds is 8. The highest BCUT2D eigenvalue weighted by Crippen LogP contribution is 2.44. The number of fused-ring (bicyclic) bond motifs is 1. The van der Waals surface area contributed by atoms with Crippen LogP contribution in [0.15, 0.2) is 70.7 Å². The van der Waals surface area contributed by atoms with E-state index in [9.17, 15) is 14.7 Å². The van der Waals surface area contributed by atoms with Gasteiger partial charge < -0.3 is 14.2 Å². The Bertz CT molecular complexity index is 1950. The number of nitrogens with zero attached hydrogens (tertiary/aromatic N) is 5. The summed E-state index contributed by atoms with van der Waals surface area (Å²) in [5, 5.41) is 21.6. The van der Waals surface area contributed by atoms with Gasteiger partial charge in [0.05, 0.1) is 23.9 Å². The number of ketones is 1. The molecule has 0 saturated carbocycles. The van der Waals surface area contributed by atoms with Gasteiger partial charge in [-0.15, -0.1) is 10.2 Å². The molecule has 0 aliphatic carbocycles. The number of aliphatic hydroxyl groups excluding tert-OH is 1. The van der Waals surface area contributed by atoms with Crippen molar-refractivity contribution in [2.45, 2.75) is 36.9 Å². The maximum Gasteiger partial charge on any atom is 0.301 e. The number of carbonyl (C=O) groups is 2. The van der Waals surface area contributed by atoms with Crippen LogP contribution < -0.4 is 9.64 Å². The minimum absolute atomic E-state index is 0.0827. The van der Waals surface area contributed by atoms with E-state index in [0.717, 1.165) is 11.1 Å². The van der Waals surface area contributed by atoms with Gasteiger partial charge in [-0.05, 0) is 67.8 Å². The predicted octanol–water partition coefficient (Wildman–Crippen LogP) is 7.43. The summed E-state index contributed by atoms with van der Waals surface area (Å²) in [5.41, 5.74) is 3.77. The van der Waals surface area contributed by atoms with Crippen molar-refractivity contribution in [3.63, 3.8) is 0 Å². The zero-order chi connectivity index (χ0) is 31.1. The molecule has 0 bridgehead atoms. The summed E-state index contributed by atoms with van der Waals surface area (Å²) in [7, 11) is 0. The van der Waals surface area contributed by atoms with Crippen LogP contribution in [0.5, 0.6) is 5.75 Å². The summed E-state index contributed by atoms with van der Waals surface area (Å²) in [6, 6.07) is 15.1. The zero-order valence-electron chi connectivity index (χ0n) is 23.7. The quantitative estimate of drug-likeness (QED) is 0.0599. The Morgan fingerprint density at radius 1 is 1.09 bits per heavy atom. The summed E-state index contributed by atoms with van der Waals surface area (Å²) < 4.78 is 8.02. The number of pyridine rings is 1. The van der Waals surface area contributed by atoms with Crippen LogP contribution in [-0.2, 0) is 15.3 Å². The highest BCUT2D eigenvalue weighted by atomic mass is 35.5. The fraction of sp³-hybridized carbons (Fsp3) is 0.194. The van der Waals surface area contributed by atoms with Gasteiger partial charge in [0.1, 0.15) is 17.1 Å². The number of hydrogen-bond acceptors (Lipinski definition) is 9. The number of anilines is 1. The van der Waals surface area contributed by atoms with Crippen molar-refractivity contribution in [2.24, 2.45) is 0 Å². The van der Waals surface area contributed by atoms with Crippen molar-refractivity contribution in [3.8, 4) is 5.75 Å². The lowest BCUT2D eigenvalue weighted by Gasteiger charge is -2.22. The summed E-state index contributed by atoms with van der Waals surface area (Å²) in [4.78, 5) is 33.3. The zero-order valence-corrected chi connectivity index (χ0v) is 26.9. The third-order valence-corrected chi connectivity index (χ3v) is 9.92. The van der Waals surface area contributed by atoms with E-state index in [1.807, 2.05) is 42.6 Å². The second-order valence-corrected chi connectivity index (χ2v) is 13.0. The van der Waals surface area contributed by atoms with Gasteiger partial charge in [-0.25, -0.2) is 4.98 Å². The molecule has 1 atom stereocenters. The molecule has 44 heavy (non-hydrogen) atoms. The fourth-order valence-electron chi connectivity index (χ4n) is 5.07. The van der Waals surface area contributed by atoms with Gasteiger partial charge in [-0.2, -0.15) is 0 Å². The minimum Gasteiger partial charge on any atom is -0.505 e. The predicted molar refractivity (Wildman–Crippen MR) is 173 cm³/mol. The van der Waals surface area contributed by atoms with Crippen LogP contribution in [0.25, 0.3) is 11.4 Å². The molecule has 2 aromatic carbocycles. The molecule has 3 aromatic heterocycles. The number of halogens is 2. The lowest BCUT2D eigenvalue weighted by atomic mass is 9.96. The van der Waals surface area contributed by atoms with Crippen molar-refractivity contribution in [3.05, 3.63) is 104 Å². The second-order valence-electron chi connectivity index (χ2n) is 9.98. The maximum absolute atomic E-state index is 13.7. The van der Waals surface area contributed by atoms with E-state index in [0.29, 0.717) is 49.4 Å². The number of amides is 1. The number of hydrogen-bond donors (Lipinski definition) is 1. The average Bonchev–Trinajstić information content (AvgIpc) is 3.68. The van der Waals surface area contributed by atoms with Crippen molar-refractivity contribution in [1.29, 1.82) is 0 Å². The third-order valence-electron chi connectivity index (χ3n) is 7.23. The van der Waals surface area contributed by atoms with Gasteiger partial charge in [-0.3, -0.25) is 14.5 Å². The number of Topliss-reactive ketones (excluding diaryl/α,β-unsaturated/α-hetero) is 1. The summed E-state index contributed by atoms with van der Waals surface area (Å²) >= 11 is 14.9. The number of aliphatic hydroxyl groups is 1. The number of benzene rings is 2. The van der Waals surface area contributed by atoms with Gasteiger partial charge in [-0.1, -0.05) is 70.6 Å². The normalized spacial score (nSPS) is 16.3. The van der Waals surface area contributed by atoms with Gasteiger partial charge in [0.15, 0.2) is 10.1 Å². The minimum atomic E-state index is -0.979. The highest BCUT2D eigenvalue weighted by Gasteiger charge is 2.49. The fourth-order valence-corrected chi connectivity index (χ4v) is 7.49. The molecule has 1 aliphatic rings. The van der Waals surface area contributed by atoms with E-state index in [1.54, 1.807) is 43.3 Å². The molecule has 0 spiro atoms. The Morgan fingerprint density at radius 2 is 1.86 bits per heavy atom. The number of ether oxygens (including phenoxy) is 1. The Balaban J connectivity index is 1.42. The van der Waals surface area contributed by atoms with E-state index < -0.39 is 17.7 Å². The van der Waals surface area contributed by atoms with E-state index in [1.165, 1.54) is 28.0 Å². The molecule has 13 heteroatoms. The van der Waals surface area contributed by atoms with Gasteiger partial charge in [0.25, 0.3) is 5.78 Å². The lowest BCUT2D eigenvalue weighted by molar-refractivity contribution is -0.132. The Hall–Kier alpha value is -3.90. The molecule has 0 radical (unpaired) electrons. The first-order valence-corrected chi connectivity index (χ1v) is 16.1. The Kier molecular flexibility index (Phi) is 8.38. The van der Waals surface area contributed by atoms with Crippen LogP contribution in [0.1, 0.15) is 41.0 Å². The lowest BCUT2D eigenvalue weighted by Crippen LogP contribution is -2.29. The number of thioether (sulfide) groups is 1. The standard InChI is InChI=1S/C31H25Cl2N5O4S2/c1-4-42-21-11-8-18(9-12-21)25-23(26(39)24-17(3)37-13-5-6-16(2)28(37)34-24)27(40)29(41)38(25)30-35-36-31(44-30)43-15-19-7-10-20(32)14-22(19)33/h5-14,25,39H,4,15H2,1-3H3/b26-23+. The molecule has 4 heterocycles. The molecular weight excluding hydrogens is 641 g/mol. The van der Waals surface area contributed by atoms with E-state index >= 15 is 0 Å². The van der Waals surface area contributed by atoms with Gasteiger partial charge in [0, 0.05) is 22.0 Å². The molecule has 5 aromatic rings. The van der Waals surface area contributed by atoms with Crippen LogP contribution in [-0.4, -0.2) is 43.0 Å². The molecule has 1 N–H and O–H groups in total. The van der Waals surface area contributed by atoms with Crippen molar-refractivity contribution >= 4 is 74.5 Å². The number of imidazole rings is 1. The summed E-state index contributed by atoms with van der Waals surface area (Å²) in [6.45, 7) is 6.08. The van der Waals surface area contributed by atoms with Crippen molar-refractivity contribution in [1.82, 2.24) is 19.6 Å². The molecular formula is C31H25Cl2N5O4S2. The average molecular weight is 667 g/mol. The monoisotopic (exact) mass is 665 g/mol. The van der Waals surface area contributed by atoms with Crippen molar-refractivity contribution < 1.29 is 19.4 Å². The molecule has 1 unspecified atom stereocenters.